The van der Waals surface area contributed by atoms with Gasteiger partial charge in [0.1, 0.15) is 0 Å². The lowest BCUT2D eigenvalue weighted by atomic mass is 10.1. The van der Waals surface area contributed by atoms with Gasteiger partial charge in [0.15, 0.2) is 0 Å². The fourth-order valence-corrected chi connectivity index (χ4v) is 2.20. The first kappa shape index (κ1) is 12.4. The summed E-state index contributed by atoms with van der Waals surface area (Å²) in [7, 11) is 0. The van der Waals surface area contributed by atoms with E-state index in [1.807, 2.05) is 0 Å². The maximum Gasteiger partial charge on any atom is 0.0366 e. The van der Waals surface area contributed by atoms with Gasteiger partial charge in [-0.15, -0.1) is 0 Å². The fraction of sp³-hybridized carbons (Fsp3) is 0.600. The second-order valence-electron chi connectivity index (χ2n) is 5.09. The molecule has 2 N–H and O–H groups in total. The van der Waals surface area contributed by atoms with Gasteiger partial charge in [-0.2, -0.15) is 0 Å². The minimum absolute atomic E-state index is 0.183. The second kappa shape index (κ2) is 5.54. The van der Waals surface area contributed by atoms with Crippen LogP contribution in [0.1, 0.15) is 44.7 Å². The van der Waals surface area contributed by atoms with E-state index in [0.717, 1.165) is 18.9 Å². The summed E-state index contributed by atoms with van der Waals surface area (Å²) in [6.45, 7) is 6.67. The quantitative estimate of drug-likeness (QED) is 0.815. The second-order valence-corrected chi connectivity index (χ2v) is 5.09. The minimum atomic E-state index is 0.183. The van der Waals surface area contributed by atoms with E-state index in [2.05, 4.69) is 43.0 Å². The molecule has 1 aromatic rings. The van der Waals surface area contributed by atoms with Crippen molar-refractivity contribution in [3.8, 4) is 0 Å². The molecule has 1 aromatic carbocycles. The third-order valence-corrected chi connectivity index (χ3v) is 3.68. The molecule has 0 aromatic heterocycles. The third-order valence-electron chi connectivity index (χ3n) is 3.68. The van der Waals surface area contributed by atoms with Gasteiger partial charge in [-0.1, -0.05) is 19.1 Å². The first-order valence-corrected chi connectivity index (χ1v) is 6.85. The Kier molecular flexibility index (Phi) is 4.06. The maximum atomic E-state index is 6.03. The molecular formula is C15H24N2. The Morgan fingerprint density at radius 1 is 1.24 bits per heavy atom. The topological polar surface area (TPSA) is 29.3 Å². The molecule has 1 aliphatic carbocycles. The minimum Gasteiger partial charge on any atom is -0.372 e. The largest absolute Gasteiger partial charge is 0.372 e. The molecule has 94 valence electrons. The number of hydrogen-bond donors (Lipinski definition) is 1. The number of anilines is 1. The van der Waals surface area contributed by atoms with Gasteiger partial charge in [0.25, 0.3) is 0 Å². The zero-order chi connectivity index (χ0) is 12.3. The molecule has 0 heterocycles. The predicted molar refractivity (Wildman–Crippen MR) is 74.3 cm³/mol. The summed E-state index contributed by atoms with van der Waals surface area (Å²) in [4.78, 5) is 2.47. The summed E-state index contributed by atoms with van der Waals surface area (Å²) >= 11 is 0. The van der Waals surface area contributed by atoms with Crippen molar-refractivity contribution >= 4 is 5.69 Å². The summed E-state index contributed by atoms with van der Waals surface area (Å²) in [6.07, 6.45) is 3.82. The molecule has 0 unspecified atom stereocenters. The SMILES string of the molecule is CC[C@H](N)c1ccc(N(CC)CC2CC2)cc1. The number of nitrogens with zero attached hydrogens (tertiary/aromatic N) is 1. The van der Waals surface area contributed by atoms with Gasteiger partial charge in [0.05, 0.1) is 0 Å². The van der Waals surface area contributed by atoms with Crippen LogP contribution in [-0.2, 0) is 0 Å². The van der Waals surface area contributed by atoms with Crippen molar-refractivity contribution in [1.82, 2.24) is 0 Å². The molecule has 0 amide bonds. The molecule has 0 radical (unpaired) electrons. The summed E-state index contributed by atoms with van der Waals surface area (Å²) in [5.41, 5.74) is 8.62. The van der Waals surface area contributed by atoms with Crippen molar-refractivity contribution in [2.75, 3.05) is 18.0 Å². The fourth-order valence-electron chi connectivity index (χ4n) is 2.20. The molecule has 17 heavy (non-hydrogen) atoms. The van der Waals surface area contributed by atoms with Crippen LogP contribution < -0.4 is 10.6 Å². The summed E-state index contributed by atoms with van der Waals surface area (Å²) in [5, 5.41) is 0. The maximum absolute atomic E-state index is 6.03. The van der Waals surface area contributed by atoms with Crippen molar-refractivity contribution in [3.63, 3.8) is 0 Å². The third kappa shape index (κ3) is 3.22. The Bertz CT molecular complexity index is 340. The van der Waals surface area contributed by atoms with E-state index < -0.39 is 0 Å². The van der Waals surface area contributed by atoms with Gasteiger partial charge in [-0.3, -0.25) is 0 Å². The molecule has 0 bridgehead atoms. The van der Waals surface area contributed by atoms with E-state index in [-0.39, 0.29) is 6.04 Å². The number of rotatable bonds is 6. The summed E-state index contributed by atoms with van der Waals surface area (Å²) < 4.78 is 0. The Morgan fingerprint density at radius 2 is 1.88 bits per heavy atom. The van der Waals surface area contributed by atoms with E-state index in [1.54, 1.807) is 0 Å². The van der Waals surface area contributed by atoms with Gasteiger partial charge >= 0.3 is 0 Å². The molecule has 0 saturated heterocycles. The van der Waals surface area contributed by atoms with Crippen LogP contribution in [0, 0.1) is 5.92 Å². The van der Waals surface area contributed by atoms with Crippen molar-refractivity contribution in [2.24, 2.45) is 11.7 Å². The lowest BCUT2D eigenvalue weighted by molar-refractivity contribution is 0.697. The molecule has 0 spiro atoms. The van der Waals surface area contributed by atoms with Crippen LogP contribution in [0.4, 0.5) is 5.69 Å². The van der Waals surface area contributed by atoms with Gasteiger partial charge in [-0.25, -0.2) is 0 Å². The van der Waals surface area contributed by atoms with Gasteiger partial charge in [0, 0.05) is 24.8 Å². The highest BCUT2D eigenvalue weighted by atomic mass is 15.1. The van der Waals surface area contributed by atoms with Crippen LogP contribution in [0.2, 0.25) is 0 Å². The monoisotopic (exact) mass is 232 g/mol. The molecular weight excluding hydrogens is 208 g/mol. The Labute approximate surface area is 105 Å². The molecule has 2 rings (SSSR count). The van der Waals surface area contributed by atoms with Crippen molar-refractivity contribution in [1.29, 1.82) is 0 Å². The van der Waals surface area contributed by atoms with Crippen molar-refractivity contribution in [3.05, 3.63) is 29.8 Å². The van der Waals surface area contributed by atoms with E-state index in [0.29, 0.717) is 0 Å². The number of nitrogens with two attached hydrogens (primary N) is 1. The average Bonchev–Trinajstić information content (AvgIpc) is 3.19. The van der Waals surface area contributed by atoms with Crippen LogP contribution in [0.25, 0.3) is 0 Å². The predicted octanol–water partition coefficient (Wildman–Crippen LogP) is 3.33. The Balaban J connectivity index is 2.04. The van der Waals surface area contributed by atoms with Crippen LogP contribution in [0.3, 0.4) is 0 Å². The summed E-state index contributed by atoms with van der Waals surface area (Å²) in [5.74, 6) is 0.938. The average molecular weight is 232 g/mol. The molecule has 1 atom stereocenters. The smallest absolute Gasteiger partial charge is 0.0366 e. The highest BCUT2D eigenvalue weighted by Crippen LogP contribution is 2.31. The van der Waals surface area contributed by atoms with Crippen molar-refractivity contribution in [2.45, 2.75) is 39.2 Å². The zero-order valence-corrected chi connectivity index (χ0v) is 11.0. The van der Waals surface area contributed by atoms with E-state index in [9.17, 15) is 0 Å². The van der Waals surface area contributed by atoms with E-state index in [4.69, 9.17) is 5.73 Å². The van der Waals surface area contributed by atoms with Gasteiger partial charge in [-0.05, 0) is 49.8 Å². The molecule has 2 heteroatoms. The van der Waals surface area contributed by atoms with Gasteiger partial charge < -0.3 is 10.6 Å². The zero-order valence-electron chi connectivity index (χ0n) is 11.0. The Hall–Kier alpha value is -1.02. The number of benzene rings is 1. The van der Waals surface area contributed by atoms with E-state index >= 15 is 0 Å². The van der Waals surface area contributed by atoms with Crippen LogP contribution >= 0.6 is 0 Å². The molecule has 0 aliphatic heterocycles. The van der Waals surface area contributed by atoms with Gasteiger partial charge in [0.2, 0.25) is 0 Å². The summed E-state index contributed by atoms with van der Waals surface area (Å²) in [6, 6.07) is 8.98. The molecule has 2 nitrogen and oxygen atoms in total. The van der Waals surface area contributed by atoms with Crippen LogP contribution in [-0.4, -0.2) is 13.1 Å². The van der Waals surface area contributed by atoms with Crippen LogP contribution in [0.15, 0.2) is 24.3 Å². The highest BCUT2D eigenvalue weighted by molar-refractivity contribution is 5.48. The highest BCUT2D eigenvalue weighted by Gasteiger charge is 2.23. The first-order valence-electron chi connectivity index (χ1n) is 6.85. The molecule has 1 aliphatic rings. The van der Waals surface area contributed by atoms with Crippen molar-refractivity contribution < 1.29 is 0 Å². The Morgan fingerprint density at radius 3 is 2.35 bits per heavy atom. The standard InChI is InChI=1S/C15H24N2/c1-3-15(16)13-7-9-14(10-8-13)17(4-2)11-12-5-6-12/h7-10,12,15H,3-6,11,16H2,1-2H3/t15-/m0/s1. The lowest BCUT2D eigenvalue weighted by Gasteiger charge is -2.23. The first-order chi connectivity index (χ1) is 8.24. The molecule has 1 fully saturated rings. The number of hydrogen-bond acceptors (Lipinski definition) is 2. The molecule has 1 saturated carbocycles. The van der Waals surface area contributed by atoms with E-state index in [1.165, 1.54) is 30.6 Å². The van der Waals surface area contributed by atoms with Crippen LogP contribution in [0.5, 0.6) is 0 Å². The lowest BCUT2D eigenvalue weighted by Crippen LogP contribution is -2.25. The normalized spacial score (nSPS) is 16.9.